The molecule has 0 aromatic rings. The molecular formula is C11H20N2O2. The lowest BCUT2D eigenvalue weighted by Gasteiger charge is -2.22. The van der Waals surface area contributed by atoms with Crippen molar-refractivity contribution in [2.24, 2.45) is 5.92 Å². The van der Waals surface area contributed by atoms with Gasteiger partial charge < -0.3 is 5.32 Å². The summed E-state index contributed by atoms with van der Waals surface area (Å²) in [4.78, 5) is 17.1. The summed E-state index contributed by atoms with van der Waals surface area (Å²) < 4.78 is 0. The molecule has 0 bridgehead atoms. The Bertz CT molecular complexity index is 209. The monoisotopic (exact) mass is 212 g/mol. The van der Waals surface area contributed by atoms with Gasteiger partial charge in [-0.3, -0.25) is 9.63 Å². The summed E-state index contributed by atoms with van der Waals surface area (Å²) >= 11 is 0. The normalized spacial score (nSPS) is 27.9. The van der Waals surface area contributed by atoms with Crippen molar-refractivity contribution in [3.05, 3.63) is 0 Å². The maximum atomic E-state index is 11.7. The van der Waals surface area contributed by atoms with Gasteiger partial charge in [0.15, 0.2) is 0 Å². The van der Waals surface area contributed by atoms with Crippen LogP contribution in [0.3, 0.4) is 0 Å². The van der Waals surface area contributed by atoms with Gasteiger partial charge in [0.05, 0.1) is 12.0 Å². The fraction of sp³-hybridized carbons (Fsp3) is 0.909. The molecule has 0 aromatic carbocycles. The largest absolute Gasteiger partial charge is 0.316 e. The molecular weight excluding hydrogens is 192 g/mol. The molecule has 4 heteroatoms. The van der Waals surface area contributed by atoms with E-state index in [2.05, 4.69) is 10.8 Å². The van der Waals surface area contributed by atoms with Crippen molar-refractivity contribution >= 4 is 5.91 Å². The number of amides is 1. The topological polar surface area (TPSA) is 50.4 Å². The van der Waals surface area contributed by atoms with Crippen LogP contribution in [0.4, 0.5) is 0 Å². The van der Waals surface area contributed by atoms with Crippen molar-refractivity contribution in [1.82, 2.24) is 10.8 Å². The predicted molar refractivity (Wildman–Crippen MR) is 57.1 cm³/mol. The van der Waals surface area contributed by atoms with E-state index in [1.54, 1.807) is 0 Å². The number of nitrogens with one attached hydrogen (secondary N) is 2. The summed E-state index contributed by atoms with van der Waals surface area (Å²) in [5.41, 5.74) is 2.62. The average molecular weight is 212 g/mol. The Morgan fingerprint density at radius 1 is 1.20 bits per heavy atom. The quantitative estimate of drug-likeness (QED) is 0.686. The number of carbonyl (C=O) groups excluding carboxylic acids is 1. The number of rotatable bonds is 3. The smallest absolute Gasteiger partial charge is 0.247 e. The molecule has 2 N–H and O–H groups in total. The lowest BCUT2D eigenvalue weighted by atomic mass is 9.99. The van der Waals surface area contributed by atoms with E-state index in [0.717, 1.165) is 38.8 Å². The first kappa shape index (κ1) is 10.9. The molecule has 1 heterocycles. The molecule has 1 atom stereocenters. The zero-order valence-corrected chi connectivity index (χ0v) is 9.13. The Labute approximate surface area is 90.7 Å². The van der Waals surface area contributed by atoms with Gasteiger partial charge >= 0.3 is 0 Å². The third-order valence-corrected chi connectivity index (χ3v) is 3.30. The van der Waals surface area contributed by atoms with Gasteiger partial charge in [-0.1, -0.05) is 12.8 Å². The van der Waals surface area contributed by atoms with Crippen LogP contribution in [0.25, 0.3) is 0 Å². The van der Waals surface area contributed by atoms with Gasteiger partial charge in [0.25, 0.3) is 0 Å². The highest BCUT2D eigenvalue weighted by Gasteiger charge is 2.23. The van der Waals surface area contributed by atoms with Crippen molar-refractivity contribution in [2.45, 2.75) is 44.6 Å². The Hall–Kier alpha value is -0.610. The summed E-state index contributed by atoms with van der Waals surface area (Å²) in [5.74, 6) is 0.147. The minimum atomic E-state index is 0.0501. The minimum Gasteiger partial charge on any atom is -0.316 e. The van der Waals surface area contributed by atoms with Crippen molar-refractivity contribution in [2.75, 3.05) is 13.1 Å². The first-order valence-electron chi connectivity index (χ1n) is 6.02. The number of hydrogen-bond donors (Lipinski definition) is 2. The fourth-order valence-corrected chi connectivity index (χ4v) is 2.31. The summed E-state index contributed by atoms with van der Waals surface area (Å²) in [5, 5.41) is 3.23. The van der Waals surface area contributed by atoms with Crippen LogP contribution in [-0.4, -0.2) is 25.1 Å². The molecule has 86 valence electrons. The molecule has 0 spiro atoms. The van der Waals surface area contributed by atoms with Gasteiger partial charge in [-0.05, 0) is 32.2 Å². The van der Waals surface area contributed by atoms with Crippen molar-refractivity contribution in [3.63, 3.8) is 0 Å². The SMILES string of the molecule is O=C(NOC1CCCC1)[C@@H]1CCCNC1. The van der Waals surface area contributed by atoms with Crippen molar-refractivity contribution < 1.29 is 9.63 Å². The van der Waals surface area contributed by atoms with E-state index in [1.807, 2.05) is 0 Å². The second-order valence-electron chi connectivity index (χ2n) is 4.53. The van der Waals surface area contributed by atoms with Gasteiger partial charge in [0, 0.05) is 6.54 Å². The molecule has 2 fully saturated rings. The third-order valence-electron chi connectivity index (χ3n) is 3.30. The van der Waals surface area contributed by atoms with E-state index >= 15 is 0 Å². The zero-order chi connectivity index (χ0) is 10.5. The Morgan fingerprint density at radius 3 is 2.67 bits per heavy atom. The summed E-state index contributed by atoms with van der Waals surface area (Å²) in [6.45, 7) is 1.83. The van der Waals surface area contributed by atoms with Crippen LogP contribution in [0.1, 0.15) is 38.5 Å². The first-order chi connectivity index (χ1) is 7.36. The van der Waals surface area contributed by atoms with Crippen LogP contribution < -0.4 is 10.8 Å². The molecule has 0 aromatic heterocycles. The summed E-state index contributed by atoms with van der Waals surface area (Å²) in [7, 11) is 0. The van der Waals surface area contributed by atoms with Crippen LogP contribution in [0.2, 0.25) is 0 Å². The highest BCUT2D eigenvalue weighted by atomic mass is 16.7. The number of hydroxylamine groups is 1. The molecule has 1 saturated heterocycles. The van der Waals surface area contributed by atoms with E-state index in [9.17, 15) is 4.79 Å². The van der Waals surface area contributed by atoms with Gasteiger partial charge in [-0.2, -0.15) is 0 Å². The molecule has 0 unspecified atom stereocenters. The molecule has 2 aliphatic rings. The number of carbonyl (C=O) groups is 1. The molecule has 15 heavy (non-hydrogen) atoms. The third kappa shape index (κ3) is 3.18. The van der Waals surface area contributed by atoms with E-state index in [0.29, 0.717) is 0 Å². The van der Waals surface area contributed by atoms with E-state index < -0.39 is 0 Å². The fourth-order valence-electron chi connectivity index (χ4n) is 2.31. The van der Waals surface area contributed by atoms with Gasteiger partial charge in [0.1, 0.15) is 0 Å². The molecule has 1 saturated carbocycles. The number of hydrogen-bond acceptors (Lipinski definition) is 3. The molecule has 2 rings (SSSR count). The van der Waals surface area contributed by atoms with E-state index in [-0.39, 0.29) is 17.9 Å². The van der Waals surface area contributed by atoms with E-state index in [4.69, 9.17) is 4.84 Å². The van der Waals surface area contributed by atoms with Gasteiger partial charge in [-0.25, -0.2) is 5.48 Å². The molecule has 1 aliphatic carbocycles. The van der Waals surface area contributed by atoms with Crippen LogP contribution >= 0.6 is 0 Å². The van der Waals surface area contributed by atoms with Crippen molar-refractivity contribution in [3.8, 4) is 0 Å². The van der Waals surface area contributed by atoms with Crippen molar-refractivity contribution in [1.29, 1.82) is 0 Å². The molecule has 1 amide bonds. The zero-order valence-electron chi connectivity index (χ0n) is 9.13. The second-order valence-corrected chi connectivity index (χ2v) is 4.53. The van der Waals surface area contributed by atoms with E-state index in [1.165, 1.54) is 12.8 Å². The highest BCUT2D eigenvalue weighted by molar-refractivity contribution is 5.77. The first-order valence-corrected chi connectivity index (χ1v) is 6.02. The predicted octanol–water partition coefficient (Wildman–Crippen LogP) is 0.976. The van der Waals surface area contributed by atoms with Gasteiger partial charge in [-0.15, -0.1) is 0 Å². The summed E-state index contributed by atoms with van der Waals surface area (Å²) in [6, 6.07) is 0. The maximum Gasteiger partial charge on any atom is 0.247 e. The lowest BCUT2D eigenvalue weighted by molar-refractivity contribution is -0.142. The highest BCUT2D eigenvalue weighted by Crippen LogP contribution is 2.20. The van der Waals surface area contributed by atoms with Crippen LogP contribution in [-0.2, 0) is 9.63 Å². The maximum absolute atomic E-state index is 11.7. The standard InChI is InChI=1S/C11H20N2O2/c14-11(9-4-3-7-12-8-9)13-15-10-5-1-2-6-10/h9-10,12H,1-8H2,(H,13,14)/t9-/m1/s1. The van der Waals surface area contributed by atoms with Crippen LogP contribution in [0.5, 0.6) is 0 Å². The Balaban J connectivity index is 1.66. The Morgan fingerprint density at radius 2 is 2.00 bits per heavy atom. The summed E-state index contributed by atoms with van der Waals surface area (Å²) in [6.07, 6.45) is 6.95. The number of piperidine rings is 1. The van der Waals surface area contributed by atoms with Crippen LogP contribution in [0.15, 0.2) is 0 Å². The molecule has 1 aliphatic heterocycles. The Kier molecular flexibility index (Phi) is 3.97. The molecule has 4 nitrogen and oxygen atoms in total. The second kappa shape index (κ2) is 5.47. The lowest BCUT2D eigenvalue weighted by Crippen LogP contribution is -2.41. The average Bonchev–Trinajstić information content (AvgIpc) is 2.80. The minimum absolute atomic E-state index is 0.0501. The van der Waals surface area contributed by atoms with Crippen LogP contribution in [0, 0.1) is 5.92 Å². The molecule has 0 radical (unpaired) electrons. The van der Waals surface area contributed by atoms with Gasteiger partial charge in [0.2, 0.25) is 5.91 Å².